The fourth-order valence-corrected chi connectivity index (χ4v) is 11.4. The molecular formula is C48H36N2Si. The van der Waals surface area contributed by atoms with Crippen molar-refractivity contribution in [1.29, 1.82) is 0 Å². The molecule has 0 amide bonds. The molecule has 0 radical (unpaired) electrons. The molecular weight excluding hydrogens is 633 g/mol. The van der Waals surface area contributed by atoms with Gasteiger partial charge in [0.15, 0.2) is 0 Å². The fourth-order valence-electron chi connectivity index (χ4n) is 8.32. The number of para-hydroxylation sites is 3. The average Bonchev–Trinajstić information content (AvgIpc) is 3.46. The number of rotatable bonds is 6. The maximum Gasteiger partial charge on any atom is 0.113 e. The standard InChI is InChI=1S/C48H36N2Si/c1-51(2)45-21-13-12-20-39(45)40-29-26-38(32-46(40)51)50(37-18-10-5-11-19-37)44-31-25-34-22-27-41-43(30-24-33-23-28-42(44)48(34)47(33)41)49(35-14-6-3-7-15-35)36-16-8-4-9-17-36/h3-32H,1-2H3/i5D,10D,11D,18D,19D. The van der Waals surface area contributed by atoms with Crippen LogP contribution in [0.15, 0.2) is 182 Å². The normalized spacial score (nSPS) is 14.4. The van der Waals surface area contributed by atoms with Crippen LogP contribution in [-0.4, -0.2) is 8.07 Å². The Bertz CT molecular complexity index is 2950. The topological polar surface area (TPSA) is 6.48 Å². The summed E-state index contributed by atoms with van der Waals surface area (Å²) in [6.45, 7) is 4.72. The number of nitrogens with zero attached hydrogens (tertiary/aromatic N) is 2. The van der Waals surface area contributed by atoms with Crippen LogP contribution in [0.1, 0.15) is 6.85 Å². The second-order valence-electron chi connectivity index (χ2n) is 13.8. The molecule has 51 heavy (non-hydrogen) atoms. The minimum Gasteiger partial charge on any atom is -0.310 e. The zero-order valence-corrected chi connectivity index (χ0v) is 29.3. The third-order valence-electron chi connectivity index (χ3n) is 10.7. The average molecular weight is 674 g/mol. The first-order chi connectivity index (χ1) is 27.1. The second-order valence-corrected chi connectivity index (χ2v) is 18.1. The van der Waals surface area contributed by atoms with Gasteiger partial charge >= 0.3 is 0 Å². The van der Waals surface area contributed by atoms with Crippen molar-refractivity contribution in [2.75, 3.05) is 9.80 Å². The molecule has 0 saturated heterocycles. The summed E-state index contributed by atoms with van der Waals surface area (Å²) in [6, 6.07) is 51.3. The Morgan fingerprint density at radius 2 is 0.941 bits per heavy atom. The van der Waals surface area contributed by atoms with Gasteiger partial charge in [0.2, 0.25) is 0 Å². The lowest BCUT2D eigenvalue weighted by atomic mass is 9.91. The molecule has 3 heteroatoms. The molecule has 10 rings (SSSR count). The van der Waals surface area contributed by atoms with E-state index in [0.717, 1.165) is 60.8 Å². The van der Waals surface area contributed by atoms with E-state index in [1.54, 1.807) is 0 Å². The summed E-state index contributed by atoms with van der Waals surface area (Å²) in [4.78, 5) is 4.20. The van der Waals surface area contributed by atoms with Crippen LogP contribution >= 0.6 is 0 Å². The van der Waals surface area contributed by atoms with Gasteiger partial charge in [-0.3, -0.25) is 0 Å². The van der Waals surface area contributed by atoms with Crippen LogP contribution in [0.4, 0.5) is 34.1 Å². The first-order valence-corrected chi connectivity index (χ1v) is 20.4. The van der Waals surface area contributed by atoms with E-state index in [9.17, 15) is 2.74 Å². The highest BCUT2D eigenvalue weighted by Crippen LogP contribution is 2.47. The van der Waals surface area contributed by atoms with Crippen molar-refractivity contribution >= 4 is 84.9 Å². The summed E-state index contributed by atoms with van der Waals surface area (Å²) < 4.78 is 44.4. The van der Waals surface area contributed by atoms with Crippen molar-refractivity contribution in [2.45, 2.75) is 13.1 Å². The van der Waals surface area contributed by atoms with Gasteiger partial charge in [0.25, 0.3) is 0 Å². The quantitative estimate of drug-likeness (QED) is 0.128. The highest BCUT2D eigenvalue weighted by atomic mass is 28.3. The Hall–Kier alpha value is -6.16. The van der Waals surface area contributed by atoms with Crippen LogP contribution < -0.4 is 20.2 Å². The van der Waals surface area contributed by atoms with E-state index in [2.05, 4.69) is 145 Å². The molecule has 242 valence electrons. The minimum atomic E-state index is -2.13. The van der Waals surface area contributed by atoms with E-state index in [1.807, 2.05) is 29.2 Å². The summed E-state index contributed by atoms with van der Waals surface area (Å²) in [7, 11) is -2.13. The van der Waals surface area contributed by atoms with E-state index in [-0.39, 0.29) is 29.9 Å². The van der Waals surface area contributed by atoms with Gasteiger partial charge in [0.05, 0.1) is 18.2 Å². The summed E-state index contributed by atoms with van der Waals surface area (Å²) in [5.41, 5.74) is 7.21. The van der Waals surface area contributed by atoms with Crippen molar-refractivity contribution in [3.8, 4) is 11.1 Å². The zero-order chi connectivity index (χ0) is 38.5. The molecule has 1 aliphatic rings. The summed E-state index contributed by atoms with van der Waals surface area (Å²) >= 11 is 0. The number of hydrogen-bond donors (Lipinski definition) is 0. The maximum absolute atomic E-state index is 9.24. The molecule has 0 unspecified atom stereocenters. The van der Waals surface area contributed by atoms with Gasteiger partial charge in [0.1, 0.15) is 8.07 Å². The number of benzene rings is 9. The van der Waals surface area contributed by atoms with Crippen molar-refractivity contribution in [3.63, 3.8) is 0 Å². The molecule has 0 spiro atoms. The van der Waals surface area contributed by atoms with Crippen LogP contribution in [-0.2, 0) is 0 Å². The molecule has 1 heterocycles. The number of fused-ring (bicyclic) bond motifs is 3. The van der Waals surface area contributed by atoms with Crippen LogP contribution in [0.2, 0.25) is 13.1 Å². The van der Waals surface area contributed by atoms with Crippen LogP contribution in [0.5, 0.6) is 0 Å². The van der Waals surface area contributed by atoms with Crippen LogP contribution in [0, 0.1) is 0 Å². The summed E-state index contributed by atoms with van der Waals surface area (Å²) in [6.07, 6.45) is 0. The third kappa shape index (κ3) is 4.55. The van der Waals surface area contributed by atoms with Crippen LogP contribution in [0.25, 0.3) is 43.4 Å². The molecule has 1 aliphatic heterocycles. The molecule has 0 saturated carbocycles. The largest absolute Gasteiger partial charge is 0.310 e. The Morgan fingerprint density at radius 3 is 1.55 bits per heavy atom. The summed E-state index contributed by atoms with van der Waals surface area (Å²) in [5.74, 6) is 0. The first kappa shape index (κ1) is 24.9. The van der Waals surface area contributed by atoms with E-state index in [4.69, 9.17) is 4.11 Å². The molecule has 2 nitrogen and oxygen atoms in total. The Balaban J connectivity index is 1.26. The molecule has 0 aromatic heterocycles. The maximum atomic E-state index is 9.24. The van der Waals surface area contributed by atoms with Gasteiger partial charge in [-0.05, 0) is 104 Å². The molecule has 0 bridgehead atoms. The lowest BCUT2D eigenvalue weighted by Gasteiger charge is -2.30. The molecule has 9 aromatic carbocycles. The zero-order valence-electron chi connectivity index (χ0n) is 33.3. The molecule has 0 aliphatic carbocycles. The van der Waals surface area contributed by atoms with Gasteiger partial charge in [-0.2, -0.15) is 0 Å². The number of hydrogen-bond acceptors (Lipinski definition) is 2. The molecule has 0 atom stereocenters. The molecule has 0 N–H and O–H groups in total. The summed E-state index contributed by atoms with van der Waals surface area (Å²) in [5, 5.41) is 8.97. The van der Waals surface area contributed by atoms with Crippen molar-refractivity contribution in [3.05, 3.63) is 182 Å². The smallest absolute Gasteiger partial charge is 0.113 e. The first-order valence-electron chi connectivity index (χ1n) is 19.9. The predicted octanol–water partition coefficient (Wildman–Crippen LogP) is 12.3. The van der Waals surface area contributed by atoms with Crippen molar-refractivity contribution < 1.29 is 6.85 Å². The van der Waals surface area contributed by atoms with E-state index in [1.165, 1.54) is 21.5 Å². The Labute approximate surface area is 306 Å². The SMILES string of the molecule is [2H]c1c([2H])c([2H])c(N(c2ccc3c(c2)[Si](C)(C)c2ccccc2-3)c2ccc3ccc4c(N(c5ccccc5)c5ccccc5)ccc5ccc2c3c54)c([2H])c1[2H]. The lowest BCUT2D eigenvalue weighted by Crippen LogP contribution is -2.49. The van der Waals surface area contributed by atoms with Gasteiger partial charge < -0.3 is 9.80 Å². The van der Waals surface area contributed by atoms with Crippen molar-refractivity contribution in [2.24, 2.45) is 0 Å². The van der Waals surface area contributed by atoms with Crippen molar-refractivity contribution in [1.82, 2.24) is 0 Å². The number of anilines is 6. The van der Waals surface area contributed by atoms with Crippen LogP contribution in [0.3, 0.4) is 0 Å². The van der Waals surface area contributed by atoms with Gasteiger partial charge in [-0.15, -0.1) is 0 Å². The second kappa shape index (κ2) is 11.4. The van der Waals surface area contributed by atoms with Gasteiger partial charge in [-0.25, -0.2) is 0 Å². The molecule has 9 aromatic rings. The van der Waals surface area contributed by atoms with E-state index in [0.29, 0.717) is 0 Å². The molecule has 0 fully saturated rings. The minimum absolute atomic E-state index is 0.126. The van der Waals surface area contributed by atoms with E-state index < -0.39 is 14.1 Å². The highest BCUT2D eigenvalue weighted by molar-refractivity contribution is 7.03. The Morgan fingerprint density at radius 1 is 0.431 bits per heavy atom. The van der Waals surface area contributed by atoms with Gasteiger partial charge in [0, 0.05) is 33.5 Å². The lowest BCUT2D eigenvalue weighted by molar-refractivity contribution is 1.30. The monoisotopic (exact) mass is 673 g/mol. The Kier molecular flexibility index (Phi) is 5.59. The van der Waals surface area contributed by atoms with E-state index >= 15 is 0 Å². The fraction of sp³-hybridized carbons (Fsp3) is 0.0417. The third-order valence-corrected chi connectivity index (χ3v) is 14.2. The van der Waals surface area contributed by atoms with Gasteiger partial charge in [-0.1, -0.05) is 134 Å². The predicted molar refractivity (Wildman–Crippen MR) is 222 cm³/mol. The highest BCUT2D eigenvalue weighted by Gasteiger charge is 2.37.